The van der Waals surface area contributed by atoms with Gasteiger partial charge in [-0.1, -0.05) is 0 Å². The largest absolute Gasteiger partial charge is 0.502 e. The highest BCUT2D eigenvalue weighted by molar-refractivity contribution is 5.86. The fraction of sp³-hybridized carbons (Fsp3) is 0.211. The van der Waals surface area contributed by atoms with E-state index in [1.165, 1.54) is 40.6 Å². The molecule has 26 heavy (non-hydrogen) atoms. The van der Waals surface area contributed by atoms with Crippen molar-refractivity contribution < 1.29 is 28.5 Å². The first-order valence-electron chi connectivity index (χ1n) is 7.68. The van der Waals surface area contributed by atoms with Gasteiger partial charge in [0.1, 0.15) is 5.76 Å². The van der Waals surface area contributed by atoms with E-state index in [0.717, 1.165) is 0 Å². The smallest absolute Gasteiger partial charge is 0.203 e. The number of hydrogen-bond acceptors (Lipinski definition) is 7. The quantitative estimate of drug-likeness (QED) is 0.749. The Balaban J connectivity index is 2.29. The number of hydrogen-bond donors (Lipinski definition) is 1. The van der Waals surface area contributed by atoms with Crippen molar-refractivity contribution in [2.75, 3.05) is 28.4 Å². The maximum atomic E-state index is 12.5. The van der Waals surface area contributed by atoms with Crippen LogP contribution in [0.25, 0.3) is 22.3 Å². The van der Waals surface area contributed by atoms with E-state index in [1.54, 1.807) is 18.2 Å². The number of ether oxygens (including phenoxy) is 4. The average molecular weight is 358 g/mol. The molecule has 0 atom stereocenters. The molecule has 136 valence electrons. The Morgan fingerprint density at radius 3 is 2.00 bits per heavy atom. The molecule has 0 aliphatic carbocycles. The summed E-state index contributed by atoms with van der Waals surface area (Å²) in [5.41, 5.74) is 0.272. The summed E-state index contributed by atoms with van der Waals surface area (Å²) in [6, 6.07) is 7.70. The standard InChI is InChI=1S/C19H18O7/c1-22-13-6-5-11-12(20)9-14(26-18(11)17(13)21)10-7-15(23-2)19(25-4)16(8-10)24-3/h5-9,21H,1-4H3. The van der Waals surface area contributed by atoms with Gasteiger partial charge in [0.25, 0.3) is 0 Å². The molecule has 0 aliphatic rings. The molecule has 0 unspecified atom stereocenters. The van der Waals surface area contributed by atoms with Crippen molar-refractivity contribution in [2.24, 2.45) is 0 Å². The molecule has 0 bridgehead atoms. The summed E-state index contributed by atoms with van der Waals surface area (Å²) >= 11 is 0. The molecule has 0 fully saturated rings. The third-order valence-electron chi connectivity index (χ3n) is 4.00. The average Bonchev–Trinajstić information content (AvgIpc) is 2.67. The van der Waals surface area contributed by atoms with Crippen LogP contribution in [-0.2, 0) is 0 Å². The molecule has 0 saturated carbocycles. The van der Waals surface area contributed by atoms with E-state index in [4.69, 9.17) is 23.4 Å². The molecule has 1 aromatic heterocycles. The monoisotopic (exact) mass is 358 g/mol. The first kappa shape index (κ1) is 17.5. The topological polar surface area (TPSA) is 87.4 Å². The van der Waals surface area contributed by atoms with E-state index in [0.29, 0.717) is 22.8 Å². The maximum Gasteiger partial charge on any atom is 0.203 e. The van der Waals surface area contributed by atoms with Crippen LogP contribution in [0, 0.1) is 0 Å². The number of rotatable bonds is 5. The number of benzene rings is 2. The van der Waals surface area contributed by atoms with Crippen LogP contribution in [0.2, 0.25) is 0 Å². The number of phenolic OH excluding ortho intramolecular Hbond substituents is 1. The van der Waals surface area contributed by atoms with Gasteiger partial charge in [0.15, 0.2) is 28.3 Å². The zero-order valence-electron chi connectivity index (χ0n) is 14.8. The lowest BCUT2D eigenvalue weighted by Crippen LogP contribution is -2.01. The third-order valence-corrected chi connectivity index (χ3v) is 4.00. The number of fused-ring (bicyclic) bond motifs is 1. The lowest BCUT2D eigenvalue weighted by molar-refractivity contribution is 0.324. The number of methoxy groups -OCH3 is 4. The summed E-state index contributed by atoms with van der Waals surface area (Å²) in [5, 5.41) is 10.6. The van der Waals surface area contributed by atoms with Crippen LogP contribution in [0.15, 0.2) is 39.5 Å². The van der Waals surface area contributed by atoms with E-state index in [1.807, 2.05) is 0 Å². The van der Waals surface area contributed by atoms with Crippen molar-refractivity contribution in [2.45, 2.75) is 0 Å². The minimum Gasteiger partial charge on any atom is -0.502 e. The highest BCUT2D eigenvalue weighted by Crippen LogP contribution is 2.42. The second-order valence-corrected chi connectivity index (χ2v) is 5.38. The fourth-order valence-electron chi connectivity index (χ4n) is 2.72. The Bertz CT molecular complexity index is 995. The second kappa shape index (κ2) is 6.87. The first-order valence-corrected chi connectivity index (χ1v) is 7.68. The molecular formula is C19H18O7. The van der Waals surface area contributed by atoms with E-state index >= 15 is 0 Å². The molecule has 7 nitrogen and oxygen atoms in total. The summed E-state index contributed by atoms with van der Waals surface area (Å²) in [6.45, 7) is 0. The molecule has 0 amide bonds. The molecule has 7 heteroatoms. The SMILES string of the molecule is COc1cc(-c2cc(=O)c3ccc(OC)c(O)c3o2)cc(OC)c1OC. The van der Waals surface area contributed by atoms with Crippen LogP contribution in [-0.4, -0.2) is 33.5 Å². The summed E-state index contributed by atoms with van der Waals surface area (Å²) < 4.78 is 26.8. The lowest BCUT2D eigenvalue weighted by Gasteiger charge is -2.14. The normalized spacial score (nSPS) is 10.6. The summed E-state index contributed by atoms with van der Waals surface area (Å²) in [7, 11) is 5.91. The Labute approximate surface area is 149 Å². The summed E-state index contributed by atoms with van der Waals surface area (Å²) in [4.78, 5) is 12.5. The molecular weight excluding hydrogens is 340 g/mol. The second-order valence-electron chi connectivity index (χ2n) is 5.38. The third kappa shape index (κ3) is 2.77. The molecule has 0 radical (unpaired) electrons. The van der Waals surface area contributed by atoms with Gasteiger partial charge in [-0.25, -0.2) is 0 Å². The van der Waals surface area contributed by atoms with Crippen molar-refractivity contribution >= 4 is 11.0 Å². The van der Waals surface area contributed by atoms with Crippen LogP contribution in [0.1, 0.15) is 0 Å². The van der Waals surface area contributed by atoms with Gasteiger partial charge in [0.2, 0.25) is 11.5 Å². The van der Waals surface area contributed by atoms with E-state index in [9.17, 15) is 9.90 Å². The minimum absolute atomic E-state index is 0.0422. The van der Waals surface area contributed by atoms with Crippen LogP contribution < -0.4 is 24.4 Å². The van der Waals surface area contributed by atoms with Gasteiger partial charge in [0, 0.05) is 11.6 Å². The molecule has 0 aliphatic heterocycles. The highest BCUT2D eigenvalue weighted by atomic mass is 16.5. The Morgan fingerprint density at radius 2 is 1.46 bits per heavy atom. The van der Waals surface area contributed by atoms with Crippen molar-refractivity contribution in [1.29, 1.82) is 0 Å². The Hall–Kier alpha value is -3.35. The highest BCUT2D eigenvalue weighted by Gasteiger charge is 2.18. The van der Waals surface area contributed by atoms with Gasteiger partial charge in [-0.05, 0) is 24.3 Å². The molecule has 1 heterocycles. The van der Waals surface area contributed by atoms with Gasteiger partial charge < -0.3 is 28.5 Å². The predicted molar refractivity (Wildman–Crippen MR) is 95.8 cm³/mol. The van der Waals surface area contributed by atoms with Gasteiger partial charge in [0.05, 0.1) is 33.8 Å². The van der Waals surface area contributed by atoms with Crippen molar-refractivity contribution in [3.8, 4) is 40.1 Å². The van der Waals surface area contributed by atoms with Crippen molar-refractivity contribution in [3.05, 3.63) is 40.6 Å². The van der Waals surface area contributed by atoms with E-state index < -0.39 is 0 Å². The predicted octanol–water partition coefficient (Wildman–Crippen LogP) is 3.20. The molecule has 3 aromatic rings. The Morgan fingerprint density at radius 1 is 0.846 bits per heavy atom. The van der Waals surface area contributed by atoms with Crippen molar-refractivity contribution in [3.63, 3.8) is 0 Å². The minimum atomic E-state index is -0.298. The van der Waals surface area contributed by atoms with Gasteiger partial charge >= 0.3 is 0 Å². The summed E-state index contributed by atoms with van der Waals surface area (Å²) in [6.07, 6.45) is 0. The van der Waals surface area contributed by atoms with Crippen molar-refractivity contribution in [1.82, 2.24) is 0 Å². The summed E-state index contributed by atoms with van der Waals surface area (Å²) in [5.74, 6) is 1.47. The maximum absolute atomic E-state index is 12.5. The van der Waals surface area contributed by atoms with Crippen LogP contribution >= 0.6 is 0 Å². The molecule has 2 aromatic carbocycles. The molecule has 0 spiro atoms. The zero-order valence-corrected chi connectivity index (χ0v) is 14.8. The molecule has 3 rings (SSSR count). The number of phenols is 1. The van der Waals surface area contributed by atoms with E-state index in [-0.39, 0.29) is 33.7 Å². The number of aromatic hydroxyl groups is 1. The van der Waals surface area contributed by atoms with Crippen LogP contribution in [0.4, 0.5) is 0 Å². The first-order chi connectivity index (χ1) is 12.5. The van der Waals surface area contributed by atoms with E-state index in [2.05, 4.69) is 0 Å². The van der Waals surface area contributed by atoms with Crippen LogP contribution in [0.3, 0.4) is 0 Å². The van der Waals surface area contributed by atoms with Gasteiger partial charge in [-0.15, -0.1) is 0 Å². The zero-order chi connectivity index (χ0) is 18.8. The van der Waals surface area contributed by atoms with Crippen LogP contribution in [0.5, 0.6) is 28.7 Å². The van der Waals surface area contributed by atoms with Gasteiger partial charge in [-0.2, -0.15) is 0 Å². The molecule has 0 saturated heterocycles. The fourth-order valence-corrected chi connectivity index (χ4v) is 2.72. The lowest BCUT2D eigenvalue weighted by atomic mass is 10.1. The Kier molecular flexibility index (Phi) is 4.62. The van der Waals surface area contributed by atoms with Gasteiger partial charge in [-0.3, -0.25) is 4.79 Å². The molecule has 1 N–H and O–H groups in total.